The highest BCUT2D eigenvalue weighted by Crippen LogP contribution is 2.16. The lowest BCUT2D eigenvalue weighted by Crippen LogP contribution is -2.53. The molecule has 1 aliphatic rings. The lowest BCUT2D eigenvalue weighted by Gasteiger charge is -2.36. The summed E-state index contributed by atoms with van der Waals surface area (Å²) in [6, 6.07) is 15.9. The number of nitrogens with zero attached hydrogens (tertiary/aromatic N) is 2. The number of sulfonamides is 1. The van der Waals surface area contributed by atoms with Crippen LogP contribution in [0.4, 0.5) is 5.69 Å². The van der Waals surface area contributed by atoms with Crippen LogP contribution in [0.2, 0.25) is 5.02 Å². The summed E-state index contributed by atoms with van der Waals surface area (Å²) in [5.74, 6) is -0.132. The van der Waals surface area contributed by atoms with Crippen molar-refractivity contribution in [2.45, 2.75) is 13.0 Å². The Hall–Kier alpha value is -2.19. The smallest absolute Gasteiger partial charge is 0.241 e. The van der Waals surface area contributed by atoms with E-state index in [0.717, 1.165) is 5.56 Å². The Balaban J connectivity index is 1.54. The van der Waals surface area contributed by atoms with Crippen LogP contribution in [0.5, 0.6) is 0 Å². The second kappa shape index (κ2) is 9.54. The first kappa shape index (κ1) is 21.5. The van der Waals surface area contributed by atoms with Gasteiger partial charge >= 0.3 is 0 Å². The second-order valence-corrected chi connectivity index (χ2v) is 9.12. The molecule has 29 heavy (non-hydrogen) atoms. The molecule has 1 aliphatic heterocycles. The first-order valence-electron chi connectivity index (χ1n) is 9.39. The molecular formula is C21H24ClN3O3S. The minimum Gasteiger partial charge on any atom is -0.325 e. The summed E-state index contributed by atoms with van der Waals surface area (Å²) >= 11 is 5.86. The van der Waals surface area contributed by atoms with Gasteiger partial charge in [0.2, 0.25) is 15.9 Å². The summed E-state index contributed by atoms with van der Waals surface area (Å²) in [6.45, 7) is 3.51. The quantitative estimate of drug-likeness (QED) is 0.758. The zero-order chi connectivity index (χ0) is 20.9. The van der Waals surface area contributed by atoms with Crippen molar-refractivity contribution in [1.29, 1.82) is 0 Å². The van der Waals surface area contributed by atoms with Gasteiger partial charge in [-0.3, -0.25) is 9.69 Å². The monoisotopic (exact) mass is 433 g/mol. The van der Waals surface area contributed by atoms with Gasteiger partial charge in [0, 0.05) is 42.3 Å². The molecule has 3 rings (SSSR count). The predicted octanol–water partition coefficient (Wildman–Crippen LogP) is 3.29. The van der Waals surface area contributed by atoms with Gasteiger partial charge in [-0.15, -0.1) is 0 Å². The van der Waals surface area contributed by atoms with Gasteiger partial charge in [0.25, 0.3) is 0 Å². The predicted molar refractivity (Wildman–Crippen MR) is 117 cm³/mol. The number of carbonyl (C=O) groups excluding carboxylic acids is 1. The molecule has 0 saturated carbocycles. The average molecular weight is 434 g/mol. The van der Waals surface area contributed by atoms with E-state index >= 15 is 0 Å². The Morgan fingerprint density at radius 3 is 2.28 bits per heavy atom. The molecule has 2 aromatic carbocycles. The third-order valence-electron chi connectivity index (χ3n) is 4.90. The van der Waals surface area contributed by atoms with Crippen LogP contribution in [0.25, 0.3) is 6.08 Å². The maximum atomic E-state index is 12.6. The van der Waals surface area contributed by atoms with Gasteiger partial charge in [-0.25, -0.2) is 8.42 Å². The Labute approximate surface area is 176 Å². The molecule has 8 heteroatoms. The summed E-state index contributed by atoms with van der Waals surface area (Å²) in [4.78, 5) is 14.5. The van der Waals surface area contributed by atoms with E-state index in [1.165, 1.54) is 9.71 Å². The van der Waals surface area contributed by atoms with Gasteiger partial charge in [0.1, 0.15) is 0 Å². The molecule has 0 radical (unpaired) electrons. The van der Waals surface area contributed by atoms with Crippen LogP contribution in [-0.4, -0.2) is 55.8 Å². The van der Waals surface area contributed by atoms with Crippen molar-refractivity contribution in [3.8, 4) is 0 Å². The van der Waals surface area contributed by atoms with Crippen molar-refractivity contribution < 1.29 is 13.2 Å². The van der Waals surface area contributed by atoms with Crippen molar-refractivity contribution in [2.24, 2.45) is 0 Å². The van der Waals surface area contributed by atoms with Crippen molar-refractivity contribution in [2.75, 3.05) is 31.5 Å². The lowest BCUT2D eigenvalue weighted by molar-refractivity contribution is -0.121. The molecule has 154 valence electrons. The Bertz CT molecular complexity index is 954. The van der Waals surface area contributed by atoms with Gasteiger partial charge in [0.15, 0.2) is 0 Å². The molecule has 1 amide bonds. The first-order valence-corrected chi connectivity index (χ1v) is 11.3. The Kier molecular flexibility index (Phi) is 7.08. The van der Waals surface area contributed by atoms with Gasteiger partial charge in [-0.2, -0.15) is 4.31 Å². The lowest BCUT2D eigenvalue weighted by atomic mass is 10.2. The molecule has 1 heterocycles. The van der Waals surface area contributed by atoms with E-state index in [-0.39, 0.29) is 11.9 Å². The highest BCUT2D eigenvalue weighted by Gasteiger charge is 2.29. The number of rotatable bonds is 6. The van der Waals surface area contributed by atoms with Crippen molar-refractivity contribution in [3.05, 3.63) is 70.6 Å². The number of amides is 1. The number of benzene rings is 2. The molecule has 1 atom stereocenters. The third kappa shape index (κ3) is 5.90. The molecule has 0 aliphatic carbocycles. The highest BCUT2D eigenvalue weighted by atomic mass is 35.5. The first-order chi connectivity index (χ1) is 13.8. The number of anilines is 1. The van der Waals surface area contributed by atoms with Crippen LogP contribution in [-0.2, 0) is 14.8 Å². The summed E-state index contributed by atoms with van der Waals surface area (Å²) in [6.07, 6.45) is 1.60. The van der Waals surface area contributed by atoms with Crippen LogP contribution in [0.3, 0.4) is 0 Å². The molecule has 2 aromatic rings. The molecule has 0 bridgehead atoms. The van der Waals surface area contributed by atoms with Crippen LogP contribution in [0.15, 0.2) is 60.0 Å². The van der Waals surface area contributed by atoms with E-state index in [4.69, 9.17) is 11.6 Å². The summed E-state index contributed by atoms with van der Waals surface area (Å²) in [7, 11) is -3.49. The fourth-order valence-corrected chi connectivity index (χ4v) is 4.41. The number of halogens is 1. The molecular weight excluding hydrogens is 410 g/mol. The standard InChI is InChI=1S/C21H24ClN3O3S/c1-17(21(26)23-20-9-7-19(22)8-10-20)24-12-14-25(15-13-24)29(27,28)16-11-18-5-3-2-4-6-18/h2-11,16-17H,12-15H2,1H3,(H,23,26)/b16-11+. The summed E-state index contributed by atoms with van der Waals surface area (Å²) in [5.41, 5.74) is 1.51. The van der Waals surface area contributed by atoms with E-state index in [9.17, 15) is 13.2 Å². The topological polar surface area (TPSA) is 69.7 Å². The van der Waals surface area contributed by atoms with E-state index in [0.29, 0.717) is 36.9 Å². The summed E-state index contributed by atoms with van der Waals surface area (Å²) in [5, 5.41) is 4.71. The maximum absolute atomic E-state index is 12.6. The average Bonchev–Trinajstić information content (AvgIpc) is 2.74. The fourth-order valence-electron chi connectivity index (χ4n) is 3.11. The van der Waals surface area contributed by atoms with Gasteiger partial charge in [-0.1, -0.05) is 41.9 Å². The number of carbonyl (C=O) groups is 1. The third-order valence-corrected chi connectivity index (χ3v) is 6.72. The largest absolute Gasteiger partial charge is 0.325 e. The van der Waals surface area contributed by atoms with E-state index in [1.54, 1.807) is 30.3 Å². The molecule has 1 unspecified atom stereocenters. The minimum absolute atomic E-state index is 0.132. The number of hydrogen-bond donors (Lipinski definition) is 1. The Morgan fingerprint density at radius 1 is 1.03 bits per heavy atom. The van der Waals surface area contributed by atoms with Crippen molar-refractivity contribution in [1.82, 2.24) is 9.21 Å². The SMILES string of the molecule is CC(C(=O)Nc1ccc(Cl)cc1)N1CCN(S(=O)(=O)/C=C/c2ccccc2)CC1. The Morgan fingerprint density at radius 2 is 1.66 bits per heavy atom. The van der Waals surface area contributed by atoms with E-state index in [2.05, 4.69) is 5.32 Å². The molecule has 1 saturated heterocycles. The zero-order valence-corrected chi connectivity index (χ0v) is 17.7. The normalized spacial score (nSPS) is 17.3. The van der Waals surface area contributed by atoms with Crippen LogP contribution >= 0.6 is 11.6 Å². The van der Waals surface area contributed by atoms with Gasteiger partial charge in [0.05, 0.1) is 6.04 Å². The van der Waals surface area contributed by atoms with Crippen LogP contribution in [0, 0.1) is 0 Å². The van der Waals surface area contributed by atoms with Gasteiger partial charge < -0.3 is 5.32 Å². The molecule has 1 fully saturated rings. The second-order valence-electron chi connectivity index (χ2n) is 6.87. The zero-order valence-electron chi connectivity index (χ0n) is 16.2. The molecule has 0 spiro atoms. The van der Waals surface area contributed by atoms with Crippen LogP contribution < -0.4 is 5.32 Å². The minimum atomic E-state index is -3.49. The van der Waals surface area contributed by atoms with Crippen LogP contribution in [0.1, 0.15) is 12.5 Å². The number of nitrogens with one attached hydrogen (secondary N) is 1. The van der Waals surface area contributed by atoms with Crippen molar-refractivity contribution >= 4 is 39.3 Å². The highest BCUT2D eigenvalue weighted by molar-refractivity contribution is 7.92. The summed E-state index contributed by atoms with van der Waals surface area (Å²) < 4.78 is 26.6. The molecule has 1 N–H and O–H groups in total. The van der Waals surface area contributed by atoms with Crippen molar-refractivity contribution in [3.63, 3.8) is 0 Å². The fraction of sp³-hybridized carbons (Fsp3) is 0.286. The number of piperazine rings is 1. The molecule has 6 nitrogen and oxygen atoms in total. The maximum Gasteiger partial charge on any atom is 0.241 e. The van der Waals surface area contributed by atoms with Gasteiger partial charge in [-0.05, 0) is 42.8 Å². The van der Waals surface area contributed by atoms with E-state index in [1.807, 2.05) is 42.2 Å². The number of hydrogen-bond acceptors (Lipinski definition) is 4. The van der Waals surface area contributed by atoms with E-state index < -0.39 is 10.0 Å². The molecule has 0 aromatic heterocycles.